The Hall–Kier alpha value is -1.59. The third-order valence-corrected chi connectivity index (χ3v) is 5.03. The number of rotatable bonds is 5. The van der Waals surface area contributed by atoms with Gasteiger partial charge in [0.05, 0.1) is 5.54 Å². The molecule has 0 unspecified atom stereocenters. The van der Waals surface area contributed by atoms with Crippen LogP contribution in [-0.2, 0) is 6.54 Å². The quantitative estimate of drug-likeness (QED) is 0.897. The maximum atomic E-state index is 12.2. The second-order valence-electron chi connectivity index (χ2n) is 7.20. The van der Waals surface area contributed by atoms with Crippen LogP contribution in [0.2, 0.25) is 0 Å². The lowest BCUT2D eigenvalue weighted by Crippen LogP contribution is -2.52. The number of amides is 2. The summed E-state index contributed by atoms with van der Waals surface area (Å²) in [5.74, 6) is 0. The van der Waals surface area contributed by atoms with Crippen molar-refractivity contribution >= 4 is 6.03 Å². The van der Waals surface area contributed by atoms with Crippen molar-refractivity contribution in [3.63, 3.8) is 0 Å². The number of urea groups is 1. The third-order valence-electron chi connectivity index (χ3n) is 5.03. The van der Waals surface area contributed by atoms with Crippen LogP contribution in [-0.4, -0.2) is 73.1 Å². The summed E-state index contributed by atoms with van der Waals surface area (Å²) in [6, 6.07) is 10.7. The number of hydrogen-bond acceptors (Lipinski definition) is 3. The summed E-state index contributed by atoms with van der Waals surface area (Å²) in [5, 5.41) is 3.27. The molecule has 2 saturated heterocycles. The van der Waals surface area contributed by atoms with Crippen molar-refractivity contribution < 1.29 is 4.79 Å². The molecule has 0 aliphatic carbocycles. The van der Waals surface area contributed by atoms with Gasteiger partial charge in [0.1, 0.15) is 0 Å². The van der Waals surface area contributed by atoms with Crippen molar-refractivity contribution in [3.05, 3.63) is 35.9 Å². The maximum absolute atomic E-state index is 12.2. The van der Waals surface area contributed by atoms with Crippen LogP contribution in [0.3, 0.4) is 0 Å². The van der Waals surface area contributed by atoms with Gasteiger partial charge in [-0.25, -0.2) is 4.79 Å². The number of carbonyl (C=O) groups excluding carboxylic acids is 1. The summed E-state index contributed by atoms with van der Waals surface area (Å²) in [6.07, 6.45) is 2.09. The molecule has 126 valence electrons. The first-order valence-electron chi connectivity index (χ1n) is 8.54. The van der Waals surface area contributed by atoms with Crippen LogP contribution in [0.5, 0.6) is 0 Å². The first kappa shape index (κ1) is 16.3. The summed E-state index contributed by atoms with van der Waals surface area (Å²) in [5.41, 5.74) is 1.36. The highest BCUT2D eigenvalue weighted by atomic mass is 16.2. The lowest BCUT2D eigenvalue weighted by atomic mass is 9.88. The van der Waals surface area contributed by atoms with Gasteiger partial charge in [-0.1, -0.05) is 30.3 Å². The van der Waals surface area contributed by atoms with Crippen molar-refractivity contribution in [2.45, 2.75) is 24.9 Å². The minimum absolute atomic E-state index is 0.00339. The highest BCUT2D eigenvalue weighted by Crippen LogP contribution is 2.28. The molecule has 1 N–H and O–H groups in total. The van der Waals surface area contributed by atoms with Crippen LogP contribution < -0.4 is 5.32 Å². The zero-order valence-corrected chi connectivity index (χ0v) is 14.3. The first-order chi connectivity index (χ1) is 11.1. The number of nitrogens with one attached hydrogen (secondary N) is 1. The average Bonchev–Trinajstić information content (AvgIpc) is 2.85. The molecule has 0 bridgehead atoms. The van der Waals surface area contributed by atoms with Crippen molar-refractivity contribution in [1.29, 1.82) is 0 Å². The van der Waals surface area contributed by atoms with E-state index < -0.39 is 0 Å². The molecule has 0 atom stereocenters. The standard InChI is InChI=1S/C18H28N4O/c1-20(2)12-13-22-15-18(19-17(22)23)8-10-21(11-9-18)14-16-6-4-3-5-7-16/h3-7H,8-15H2,1-2H3,(H,19,23). The summed E-state index contributed by atoms with van der Waals surface area (Å²) >= 11 is 0. The molecule has 1 aromatic rings. The van der Waals surface area contributed by atoms with Gasteiger partial charge in [0.2, 0.25) is 0 Å². The predicted molar refractivity (Wildman–Crippen MR) is 92.3 cm³/mol. The minimum atomic E-state index is -0.00339. The van der Waals surface area contributed by atoms with Gasteiger partial charge in [-0.15, -0.1) is 0 Å². The topological polar surface area (TPSA) is 38.8 Å². The normalized spacial score (nSPS) is 21.2. The first-order valence-corrected chi connectivity index (χ1v) is 8.54. The molecule has 23 heavy (non-hydrogen) atoms. The summed E-state index contributed by atoms with van der Waals surface area (Å²) in [7, 11) is 4.09. The van der Waals surface area contributed by atoms with Crippen LogP contribution >= 0.6 is 0 Å². The number of carbonyl (C=O) groups is 1. The summed E-state index contributed by atoms with van der Waals surface area (Å²) < 4.78 is 0. The van der Waals surface area contributed by atoms with E-state index in [0.717, 1.165) is 52.1 Å². The van der Waals surface area contributed by atoms with Gasteiger partial charge in [0.25, 0.3) is 0 Å². The van der Waals surface area contributed by atoms with Crippen molar-refractivity contribution in [2.75, 3.05) is 46.8 Å². The van der Waals surface area contributed by atoms with E-state index in [1.54, 1.807) is 0 Å². The molecule has 5 heteroatoms. The Morgan fingerprint density at radius 2 is 1.87 bits per heavy atom. The van der Waals surface area contributed by atoms with Crippen molar-refractivity contribution in [2.24, 2.45) is 0 Å². The third kappa shape index (κ3) is 4.03. The fourth-order valence-electron chi connectivity index (χ4n) is 3.55. The van der Waals surface area contributed by atoms with E-state index in [4.69, 9.17) is 0 Å². The molecule has 2 amide bonds. The Bertz CT molecular complexity index is 523. The lowest BCUT2D eigenvalue weighted by molar-refractivity contribution is 0.142. The van der Waals surface area contributed by atoms with Gasteiger partial charge < -0.3 is 15.1 Å². The number of piperidine rings is 1. The van der Waals surface area contributed by atoms with Crippen LogP contribution in [0, 0.1) is 0 Å². The van der Waals surface area contributed by atoms with Gasteiger partial charge in [-0.3, -0.25) is 4.90 Å². The molecule has 0 radical (unpaired) electrons. The predicted octanol–water partition coefficient (Wildman–Crippen LogP) is 1.61. The molecule has 1 spiro atoms. The fourth-order valence-corrected chi connectivity index (χ4v) is 3.55. The maximum Gasteiger partial charge on any atom is 0.318 e. The van der Waals surface area contributed by atoms with Gasteiger partial charge >= 0.3 is 6.03 Å². The lowest BCUT2D eigenvalue weighted by Gasteiger charge is -2.38. The summed E-state index contributed by atoms with van der Waals surface area (Å²) in [4.78, 5) is 18.8. The van der Waals surface area contributed by atoms with Gasteiger partial charge in [0, 0.05) is 39.3 Å². The fraction of sp³-hybridized carbons (Fsp3) is 0.611. The van der Waals surface area contributed by atoms with Crippen LogP contribution in [0.1, 0.15) is 18.4 Å². The Labute approximate surface area is 139 Å². The van der Waals surface area contributed by atoms with Crippen LogP contribution in [0.15, 0.2) is 30.3 Å². The van der Waals surface area contributed by atoms with E-state index in [-0.39, 0.29) is 11.6 Å². The molecule has 5 nitrogen and oxygen atoms in total. The smallest absolute Gasteiger partial charge is 0.318 e. The zero-order valence-electron chi connectivity index (χ0n) is 14.3. The SMILES string of the molecule is CN(C)CCN1CC2(CCN(Cc3ccccc3)CC2)NC1=O. The number of hydrogen-bond donors (Lipinski definition) is 1. The van der Waals surface area contributed by atoms with E-state index >= 15 is 0 Å². The van der Waals surface area contributed by atoms with Gasteiger partial charge in [-0.2, -0.15) is 0 Å². The molecule has 0 aromatic heterocycles. The van der Waals surface area contributed by atoms with Gasteiger partial charge in [-0.05, 0) is 32.5 Å². The molecular weight excluding hydrogens is 288 g/mol. The highest BCUT2D eigenvalue weighted by molar-refractivity contribution is 5.78. The Morgan fingerprint density at radius 3 is 2.52 bits per heavy atom. The summed E-state index contributed by atoms with van der Waals surface area (Å²) in [6.45, 7) is 5.71. The number of benzene rings is 1. The molecule has 1 aromatic carbocycles. The van der Waals surface area contributed by atoms with E-state index in [0.29, 0.717) is 0 Å². The average molecular weight is 316 g/mol. The molecular formula is C18H28N4O. The van der Waals surface area contributed by atoms with E-state index in [1.807, 2.05) is 19.0 Å². The molecule has 2 fully saturated rings. The molecule has 2 aliphatic rings. The Balaban J connectivity index is 1.51. The number of nitrogens with zero attached hydrogens (tertiary/aromatic N) is 3. The Morgan fingerprint density at radius 1 is 1.17 bits per heavy atom. The highest BCUT2D eigenvalue weighted by Gasteiger charge is 2.43. The molecule has 2 heterocycles. The largest absolute Gasteiger partial charge is 0.331 e. The number of likely N-dealkylation sites (N-methyl/N-ethyl adjacent to an activating group) is 1. The second kappa shape index (κ2) is 6.89. The van der Waals surface area contributed by atoms with E-state index in [9.17, 15) is 4.79 Å². The van der Waals surface area contributed by atoms with Crippen molar-refractivity contribution in [1.82, 2.24) is 20.0 Å². The number of likely N-dealkylation sites (tertiary alicyclic amines) is 1. The van der Waals surface area contributed by atoms with Crippen LogP contribution in [0.4, 0.5) is 4.79 Å². The molecule has 0 saturated carbocycles. The van der Waals surface area contributed by atoms with Crippen molar-refractivity contribution in [3.8, 4) is 0 Å². The van der Waals surface area contributed by atoms with Crippen LogP contribution in [0.25, 0.3) is 0 Å². The molecule has 2 aliphatic heterocycles. The second-order valence-corrected chi connectivity index (χ2v) is 7.20. The minimum Gasteiger partial charge on any atom is -0.331 e. The van der Waals surface area contributed by atoms with E-state index in [1.165, 1.54) is 5.56 Å². The van der Waals surface area contributed by atoms with E-state index in [2.05, 4.69) is 45.4 Å². The Kier molecular flexibility index (Phi) is 4.87. The van der Waals surface area contributed by atoms with Gasteiger partial charge in [0.15, 0.2) is 0 Å². The monoisotopic (exact) mass is 316 g/mol. The zero-order chi connectivity index (χ0) is 16.3. The molecule has 3 rings (SSSR count).